The van der Waals surface area contributed by atoms with E-state index in [9.17, 15) is 13.2 Å². The zero-order valence-electron chi connectivity index (χ0n) is 16.0. The quantitative estimate of drug-likeness (QED) is 0.713. The van der Waals surface area contributed by atoms with Crippen molar-refractivity contribution >= 4 is 32.5 Å². The number of pyridine rings is 1. The lowest BCUT2D eigenvalue weighted by Gasteiger charge is -2.26. The third-order valence-electron chi connectivity index (χ3n) is 4.94. The largest absolute Gasteiger partial charge is 0.379 e. The van der Waals surface area contributed by atoms with E-state index in [0.717, 1.165) is 16.5 Å². The summed E-state index contributed by atoms with van der Waals surface area (Å²) in [5.74, 6) is -0.480. The third-order valence-corrected chi connectivity index (χ3v) is 6.90. The van der Waals surface area contributed by atoms with Crippen LogP contribution in [0.1, 0.15) is 15.9 Å². The Balaban J connectivity index is 1.70. The molecule has 4 rings (SSSR count). The zero-order valence-corrected chi connectivity index (χ0v) is 16.8. The molecule has 0 unspecified atom stereocenters. The lowest BCUT2D eigenvalue weighted by atomic mass is 10.1. The molecule has 0 bridgehead atoms. The van der Waals surface area contributed by atoms with E-state index in [4.69, 9.17) is 4.74 Å². The Morgan fingerprint density at radius 3 is 2.62 bits per heavy atom. The molecule has 29 heavy (non-hydrogen) atoms. The van der Waals surface area contributed by atoms with Gasteiger partial charge in [-0.3, -0.25) is 9.78 Å². The van der Waals surface area contributed by atoms with Crippen LogP contribution in [0.15, 0.2) is 59.6 Å². The Kier molecular flexibility index (Phi) is 5.31. The van der Waals surface area contributed by atoms with Gasteiger partial charge in [-0.25, -0.2) is 8.42 Å². The summed E-state index contributed by atoms with van der Waals surface area (Å²) in [6, 6.07) is 13.6. The molecule has 1 fully saturated rings. The molecule has 0 atom stereocenters. The number of carbonyl (C=O) groups is 1. The topological polar surface area (TPSA) is 88.6 Å². The van der Waals surface area contributed by atoms with Crippen molar-refractivity contribution in [2.75, 3.05) is 31.6 Å². The Hall–Kier alpha value is -2.81. The van der Waals surface area contributed by atoms with Crippen molar-refractivity contribution in [3.05, 3.63) is 65.9 Å². The van der Waals surface area contributed by atoms with E-state index in [-0.39, 0.29) is 23.5 Å². The van der Waals surface area contributed by atoms with Crippen molar-refractivity contribution in [2.45, 2.75) is 11.8 Å². The molecule has 1 amide bonds. The molecule has 2 heterocycles. The van der Waals surface area contributed by atoms with Crippen molar-refractivity contribution in [3.8, 4) is 0 Å². The number of nitrogens with zero attached hydrogens (tertiary/aromatic N) is 2. The third kappa shape index (κ3) is 3.74. The van der Waals surface area contributed by atoms with Gasteiger partial charge in [-0.05, 0) is 42.8 Å². The average molecular weight is 411 g/mol. The molecule has 1 aliphatic rings. The van der Waals surface area contributed by atoms with Crippen LogP contribution in [-0.4, -0.2) is 49.9 Å². The van der Waals surface area contributed by atoms with Crippen molar-refractivity contribution in [2.24, 2.45) is 0 Å². The minimum Gasteiger partial charge on any atom is -0.379 e. The number of morpholine rings is 1. The number of sulfonamides is 1. The van der Waals surface area contributed by atoms with E-state index in [1.54, 1.807) is 30.5 Å². The van der Waals surface area contributed by atoms with E-state index in [1.165, 1.54) is 16.4 Å². The second-order valence-electron chi connectivity index (χ2n) is 6.80. The van der Waals surface area contributed by atoms with Crippen LogP contribution in [0, 0.1) is 6.92 Å². The summed E-state index contributed by atoms with van der Waals surface area (Å²) in [6.07, 6.45) is 1.70. The molecule has 150 valence electrons. The first-order chi connectivity index (χ1) is 14.0. The predicted octanol–water partition coefficient (Wildman–Crippen LogP) is 2.82. The van der Waals surface area contributed by atoms with Gasteiger partial charge in [0.1, 0.15) is 0 Å². The molecule has 0 spiro atoms. The van der Waals surface area contributed by atoms with E-state index in [0.29, 0.717) is 18.9 Å². The lowest BCUT2D eigenvalue weighted by molar-refractivity contribution is 0.0730. The van der Waals surface area contributed by atoms with Gasteiger partial charge in [0.15, 0.2) is 0 Å². The Morgan fingerprint density at radius 1 is 1.07 bits per heavy atom. The summed E-state index contributed by atoms with van der Waals surface area (Å²) in [4.78, 5) is 17.4. The number of anilines is 1. The van der Waals surface area contributed by atoms with Gasteiger partial charge in [0.25, 0.3) is 5.91 Å². The minimum absolute atomic E-state index is 0.00561. The fourth-order valence-corrected chi connectivity index (χ4v) is 5.01. The second kappa shape index (κ2) is 7.90. The molecule has 0 radical (unpaired) electrons. The molecule has 1 aliphatic heterocycles. The van der Waals surface area contributed by atoms with E-state index >= 15 is 0 Å². The highest BCUT2D eigenvalue weighted by Crippen LogP contribution is 2.27. The fourth-order valence-electron chi connectivity index (χ4n) is 3.42. The zero-order chi connectivity index (χ0) is 20.4. The molecule has 3 aromatic rings. The summed E-state index contributed by atoms with van der Waals surface area (Å²) < 4.78 is 32.8. The maximum Gasteiger partial charge on any atom is 0.257 e. The summed E-state index contributed by atoms with van der Waals surface area (Å²) in [5, 5.41) is 3.66. The smallest absolute Gasteiger partial charge is 0.257 e. The Morgan fingerprint density at radius 2 is 1.83 bits per heavy atom. The van der Waals surface area contributed by atoms with Gasteiger partial charge in [0.2, 0.25) is 10.0 Å². The molecular formula is C21H21N3O4S. The van der Waals surface area contributed by atoms with Crippen LogP contribution in [0.3, 0.4) is 0 Å². The van der Waals surface area contributed by atoms with Crippen LogP contribution in [0.2, 0.25) is 0 Å². The number of nitrogens with one attached hydrogen (secondary N) is 1. The van der Waals surface area contributed by atoms with Crippen molar-refractivity contribution < 1.29 is 17.9 Å². The monoisotopic (exact) mass is 411 g/mol. The molecule has 0 aliphatic carbocycles. The number of aryl methyl sites for hydroxylation is 1. The molecule has 8 heteroatoms. The summed E-state index contributed by atoms with van der Waals surface area (Å²) in [5.41, 5.74) is 2.48. The second-order valence-corrected chi connectivity index (χ2v) is 8.70. The van der Waals surface area contributed by atoms with Gasteiger partial charge in [-0.2, -0.15) is 4.31 Å². The predicted molar refractivity (Wildman–Crippen MR) is 110 cm³/mol. The standard InChI is InChI=1S/C21H21N3O4S/c1-15-8-9-18(16-6-4-10-22-20(15)16)23-21(25)17-5-2-3-7-19(17)29(26,27)24-11-13-28-14-12-24/h2-10H,11-14H2,1H3,(H,23,25). The number of hydrogen-bond donors (Lipinski definition) is 1. The first kappa shape index (κ1) is 19.5. The van der Waals surface area contributed by atoms with Crippen LogP contribution >= 0.6 is 0 Å². The SMILES string of the molecule is Cc1ccc(NC(=O)c2ccccc2S(=O)(=O)N2CCOCC2)c2cccnc12. The highest BCUT2D eigenvalue weighted by molar-refractivity contribution is 7.89. The van der Waals surface area contributed by atoms with Crippen LogP contribution in [0.5, 0.6) is 0 Å². The highest BCUT2D eigenvalue weighted by atomic mass is 32.2. The number of amides is 1. The maximum absolute atomic E-state index is 13.1. The summed E-state index contributed by atoms with van der Waals surface area (Å²) >= 11 is 0. The van der Waals surface area contributed by atoms with Crippen LogP contribution in [-0.2, 0) is 14.8 Å². The first-order valence-corrected chi connectivity index (χ1v) is 10.7. The van der Waals surface area contributed by atoms with Gasteiger partial charge in [0.05, 0.1) is 34.9 Å². The number of benzene rings is 2. The highest BCUT2D eigenvalue weighted by Gasteiger charge is 2.30. The average Bonchev–Trinajstić information content (AvgIpc) is 2.76. The number of carbonyl (C=O) groups excluding carboxylic acids is 1. The van der Waals surface area contributed by atoms with E-state index in [2.05, 4.69) is 10.3 Å². The molecule has 1 aromatic heterocycles. The van der Waals surface area contributed by atoms with Crippen molar-refractivity contribution in [3.63, 3.8) is 0 Å². The van der Waals surface area contributed by atoms with E-state index in [1.807, 2.05) is 19.1 Å². The summed E-state index contributed by atoms with van der Waals surface area (Å²) in [6.45, 7) is 3.18. The molecule has 7 nitrogen and oxygen atoms in total. The fraction of sp³-hybridized carbons (Fsp3) is 0.238. The maximum atomic E-state index is 13.1. The van der Waals surface area contributed by atoms with Crippen molar-refractivity contribution in [1.29, 1.82) is 0 Å². The molecule has 0 saturated carbocycles. The number of hydrogen-bond acceptors (Lipinski definition) is 5. The van der Waals surface area contributed by atoms with E-state index < -0.39 is 15.9 Å². The summed E-state index contributed by atoms with van der Waals surface area (Å²) in [7, 11) is -3.80. The van der Waals surface area contributed by atoms with Crippen molar-refractivity contribution in [1.82, 2.24) is 9.29 Å². The number of fused-ring (bicyclic) bond motifs is 1. The van der Waals surface area contributed by atoms with Gasteiger partial charge in [-0.1, -0.05) is 18.2 Å². The number of rotatable bonds is 4. The van der Waals surface area contributed by atoms with Gasteiger partial charge < -0.3 is 10.1 Å². The Labute approximate surface area is 169 Å². The van der Waals surface area contributed by atoms with Crippen LogP contribution in [0.25, 0.3) is 10.9 Å². The first-order valence-electron chi connectivity index (χ1n) is 9.31. The van der Waals surface area contributed by atoms with Gasteiger partial charge in [-0.15, -0.1) is 0 Å². The van der Waals surface area contributed by atoms with Crippen LogP contribution in [0.4, 0.5) is 5.69 Å². The molecule has 1 saturated heterocycles. The van der Waals surface area contributed by atoms with Gasteiger partial charge >= 0.3 is 0 Å². The minimum atomic E-state index is -3.80. The lowest BCUT2D eigenvalue weighted by Crippen LogP contribution is -2.41. The number of ether oxygens (including phenoxy) is 1. The normalized spacial score (nSPS) is 15.3. The molecule has 2 aromatic carbocycles. The van der Waals surface area contributed by atoms with Crippen LogP contribution < -0.4 is 5.32 Å². The molecule has 1 N–H and O–H groups in total. The molecular weight excluding hydrogens is 390 g/mol. The number of aromatic nitrogens is 1. The van der Waals surface area contributed by atoms with Gasteiger partial charge in [0, 0.05) is 24.7 Å². The Bertz CT molecular complexity index is 1170.